The molecule has 1 aliphatic rings. The number of aliphatic hydroxyl groups is 1. The molecule has 0 bridgehead atoms. The largest absolute Gasteiger partial charge is 0.418 e. The molecule has 30 heavy (non-hydrogen) atoms. The lowest BCUT2D eigenvalue weighted by molar-refractivity contribution is -0.250. The number of benzene rings is 2. The van der Waals surface area contributed by atoms with Gasteiger partial charge >= 0.3 is 6.18 Å². The number of rotatable bonds is 8. The first-order valence-corrected chi connectivity index (χ1v) is 10.6. The van der Waals surface area contributed by atoms with Gasteiger partial charge in [0.1, 0.15) is 0 Å². The third-order valence-corrected chi connectivity index (χ3v) is 6.02. The molecule has 0 aromatic heterocycles. The molecule has 3 nitrogen and oxygen atoms in total. The first-order chi connectivity index (χ1) is 14.2. The molecule has 0 heterocycles. The fraction of sp³-hybridized carbons (Fsp3) is 0.500. The van der Waals surface area contributed by atoms with E-state index in [0.29, 0.717) is 6.04 Å². The molecule has 1 aliphatic carbocycles. The van der Waals surface area contributed by atoms with E-state index in [9.17, 15) is 18.3 Å². The number of alkyl halides is 3. The van der Waals surface area contributed by atoms with E-state index < -0.39 is 18.3 Å². The van der Waals surface area contributed by atoms with Crippen LogP contribution in [0.5, 0.6) is 0 Å². The molecular weight excluding hydrogens is 389 g/mol. The zero-order valence-corrected chi connectivity index (χ0v) is 17.4. The molecule has 1 saturated carbocycles. The zero-order chi connectivity index (χ0) is 21.6. The molecule has 1 unspecified atom stereocenters. The maximum absolute atomic E-state index is 12.9. The second-order valence-corrected chi connectivity index (χ2v) is 8.53. The summed E-state index contributed by atoms with van der Waals surface area (Å²) in [6.45, 7) is 2.05. The summed E-state index contributed by atoms with van der Waals surface area (Å²) >= 11 is 0. The third-order valence-electron chi connectivity index (χ3n) is 6.02. The van der Waals surface area contributed by atoms with Crippen molar-refractivity contribution in [2.24, 2.45) is 0 Å². The normalized spacial score (nSPS) is 22.1. The Morgan fingerprint density at radius 2 is 1.33 bits per heavy atom. The molecule has 1 fully saturated rings. The van der Waals surface area contributed by atoms with Crippen LogP contribution in [0, 0.1) is 0 Å². The van der Waals surface area contributed by atoms with Crippen molar-refractivity contribution in [2.75, 3.05) is 6.54 Å². The lowest BCUT2D eigenvalue weighted by atomic mass is 9.89. The Morgan fingerprint density at radius 1 is 0.867 bits per heavy atom. The molecule has 2 N–H and O–H groups in total. The van der Waals surface area contributed by atoms with Gasteiger partial charge in [-0.05, 0) is 43.7 Å². The Morgan fingerprint density at radius 3 is 1.77 bits per heavy atom. The van der Waals surface area contributed by atoms with E-state index in [-0.39, 0.29) is 6.04 Å². The Labute approximate surface area is 176 Å². The van der Waals surface area contributed by atoms with Gasteiger partial charge in [-0.3, -0.25) is 4.90 Å². The minimum Gasteiger partial charge on any atom is -0.380 e. The molecule has 2 aromatic rings. The number of halogens is 3. The van der Waals surface area contributed by atoms with Crippen molar-refractivity contribution in [2.45, 2.75) is 69.6 Å². The van der Waals surface area contributed by atoms with E-state index in [0.717, 1.165) is 45.7 Å². The standard InChI is InChI=1S/C24H31F3N2O/c1-23(30,24(25,26)27)18-28-21-12-14-22(15-13-21)29(16-19-8-4-2-5-9-19)17-20-10-6-3-7-11-20/h2-11,21-22,28,30H,12-18H2,1H3. The van der Waals surface area contributed by atoms with E-state index in [1.807, 2.05) is 36.4 Å². The lowest BCUT2D eigenvalue weighted by Crippen LogP contribution is -2.53. The first-order valence-electron chi connectivity index (χ1n) is 10.6. The van der Waals surface area contributed by atoms with Crippen LogP contribution in [0.25, 0.3) is 0 Å². The number of nitrogens with zero attached hydrogens (tertiary/aromatic N) is 1. The molecule has 3 rings (SSSR count). The molecular formula is C24H31F3N2O. The Hall–Kier alpha value is -1.89. The van der Waals surface area contributed by atoms with Crippen LogP contribution in [0.4, 0.5) is 13.2 Å². The molecule has 0 aliphatic heterocycles. The van der Waals surface area contributed by atoms with Gasteiger partial charge in [0.2, 0.25) is 0 Å². The second kappa shape index (κ2) is 9.94. The Bertz CT molecular complexity index is 716. The molecule has 2 aromatic carbocycles. The van der Waals surface area contributed by atoms with Gasteiger partial charge in [-0.15, -0.1) is 0 Å². The summed E-state index contributed by atoms with van der Waals surface area (Å²) in [6.07, 6.45) is -1.17. The maximum Gasteiger partial charge on any atom is 0.418 e. The van der Waals surface area contributed by atoms with Crippen LogP contribution in [-0.4, -0.2) is 40.4 Å². The summed E-state index contributed by atoms with van der Waals surface area (Å²) < 4.78 is 38.6. The van der Waals surface area contributed by atoms with Crippen molar-refractivity contribution in [1.29, 1.82) is 0 Å². The molecule has 164 valence electrons. The fourth-order valence-corrected chi connectivity index (χ4v) is 4.04. The maximum atomic E-state index is 12.9. The number of nitrogens with one attached hydrogen (secondary N) is 1. The van der Waals surface area contributed by atoms with Gasteiger partial charge in [-0.1, -0.05) is 60.7 Å². The van der Waals surface area contributed by atoms with Gasteiger partial charge in [0.15, 0.2) is 5.60 Å². The molecule has 6 heteroatoms. The van der Waals surface area contributed by atoms with Crippen molar-refractivity contribution in [3.63, 3.8) is 0 Å². The van der Waals surface area contributed by atoms with E-state index in [1.54, 1.807) is 0 Å². The van der Waals surface area contributed by atoms with Crippen molar-refractivity contribution >= 4 is 0 Å². The minimum atomic E-state index is -4.63. The van der Waals surface area contributed by atoms with Crippen LogP contribution in [0.3, 0.4) is 0 Å². The summed E-state index contributed by atoms with van der Waals surface area (Å²) in [5, 5.41) is 12.6. The van der Waals surface area contributed by atoms with Gasteiger partial charge < -0.3 is 10.4 Å². The van der Waals surface area contributed by atoms with Crippen molar-refractivity contribution in [3.05, 3.63) is 71.8 Å². The summed E-state index contributed by atoms with van der Waals surface area (Å²) in [5.74, 6) is 0. The average Bonchev–Trinajstić information content (AvgIpc) is 2.73. The minimum absolute atomic E-state index is 0.00498. The average molecular weight is 421 g/mol. The van der Waals surface area contributed by atoms with Crippen molar-refractivity contribution in [3.8, 4) is 0 Å². The molecule has 1 atom stereocenters. The number of hydrogen-bond donors (Lipinski definition) is 2. The highest BCUT2D eigenvalue weighted by molar-refractivity contribution is 5.17. The second-order valence-electron chi connectivity index (χ2n) is 8.53. The fourth-order valence-electron chi connectivity index (χ4n) is 4.04. The van der Waals surface area contributed by atoms with Crippen LogP contribution in [0.2, 0.25) is 0 Å². The number of hydrogen-bond acceptors (Lipinski definition) is 3. The van der Waals surface area contributed by atoms with E-state index in [2.05, 4.69) is 34.5 Å². The van der Waals surface area contributed by atoms with Crippen LogP contribution < -0.4 is 5.32 Å². The summed E-state index contributed by atoms with van der Waals surface area (Å²) in [6, 6.07) is 21.1. The predicted octanol–water partition coefficient (Wildman–Crippen LogP) is 4.90. The summed E-state index contributed by atoms with van der Waals surface area (Å²) in [5.41, 5.74) is -0.180. The van der Waals surface area contributed by atoms with E-state index in [1.165, 1.54) is 11.1 Å². The van der Waals surface area contributed by atoms with Crippen LogP contribution in [-0.2, 0) is 13.1 Å². The van der Waals surface area contributed by atoms with Gasteiger partial charge in [-0.2, -0.15) is 13.2 Å². The third kappa shape index (κ3) is 6.30. The van der Waals surface area contributed by atoms with Crippen LogP contribution in [0.1, 0.15) is 43.7 Å². The molecule has 0 spiro atoms. The predicted molar refractivity (Wildman–Crippen MR) is 113 cm³/mol. The highest BCUT2D eigenvalue weighted by Gasteiger charge is 2.49. The smallest absolute Gasteiger partial charge is 0.380 e. The van der Waals surface area contributed by atoms with Gasteiger partial charge in [0.25, 0.3) is 0 Å². The highest BCUT2D eigenvalue weighted by Crippen LogP contribution is 2.31. The van der Waals surface area contributed by atoms with Crippen molar-refractivity contribution in [1.82, 2.24) is 10.2 Å². The summed E-state index contributed by atoms with van der Waals surface area (Å²) in [4.78, 5) is 2.48. The summed E-state index contributed by atoms with van der Waals surface area (Å²) in [7, 11) is 0. The monoisotopic (exact) mass is 420 g/mol. The molecule has 0 radical (unpaired) electrons. The zero-order valence-electron chi connectivity index (χ0n) is 17.4. The van der Waals surface area contributed by atoms with Gasteiger partial charge in [-0.25, -0.2) is 0 Å². The SMILES string of the molecule is CC(O)(CNC1CCC(N(Cc2ccccc2)Cc2ccccc2)CC1)C(F)(F)F. The van der Waals surface area contributed by atoms with Gasteiger partial charge in [0, 0.05) is 31.7 Å². The van der Waals surface area contributed by atoms with Crippen LogP contribution in [0.15, 0.2) is 60.7 Å². The molecule has 0 saturated heterocycles. The quantitative estimate of drug-likeness (QED) is 0.637. The van der Waals surface area contributed by atoms with E-state index >= 15 is 0 Å². The van der Waals surface area contributed by atoms with E-state index in [4.69, 9.17) is 0 Å². The highest BCUT2D eigenvalue weighted by atomic mass is 19.4. The first kappa shape index (κ1) is 22.8. The Kier molecular flexibility index (Phi) is 7.55. The molecule has 0 amide bonds. The van der Waals surface area contributed by atoms with Crippen LogP contribution >= 0.6 is 0 Å². The van der Waals surface area contributed by atoms with Crippen molar-refractivity contribution < 1.29 is 18.3 Å². The lowest BCUT2D eigenvalue weighted by Gasteiger charge is -2.38. The Balaban J connectivity index is 1.59. The topological polar surface area (TPSA) is 35.5 Å². The van der Waals surface area contributed by atoms with Gasteiger partial charge in [0.05, 0.1) is 0 Å².